The number of hydrogen-bond acceptors (Lipinski definition) is 5. The predicted octanol–water partition coefficient (Wildman–Crippen LogP) is 1.02. The first-order valence-electron chi connectivity index (χ1n) is 5.08. The number of carbonyl (C=O) groups is 1. The van der Waals surface area contributed by atoms with Gasteiger partial charge in [-0.2, -0.15) is 0 Å². The number of rotatable bonds is 6. The zero-order valence-electron chi connectivity index (χ0n) is 9.82. The van der Waals surface area contributed by atoms with E-state index >= 15 is 0 Å². The van der Waals surface area contributed by atoms with Crippen LogP contribution in [0.15, 0.2) is 4.42 Å². The molecule has 16 heavy (non-hydrogen) atoms. The fraction of sp³-hybridized carbons (Fsp3) is 0.667. The van der Waals surface area contributed by atoms with Crippen molar-refractivity contribution in [1.82, 2.24) is 10.2 Å². The number of aromatic nitrogens is 2. The molecule has 6 nitrogen and oxygen atoms in total. The van der Waals surface area contributed by atoms with Crippen LogP contribution in [0.2, 0.25) is 25.7 Å². The van der Waals surface area contributed by atoms with Gasteiger partial charge in [0.05, 0.1) is 0 Å². The minimum absolute atomic E-state index is 0.177. The number of nitrogens with two attached hydrogens (primary N) is 1. The lowest BCUT2D eigenvalue weighted by Gasteiger charge is -2.14. The Bertz CT molecular complexity index is 359. The molecule has 90 valence electrons. The van der Waals surface area contributed by atoms with Gasteiger partial charge in [-0.15, -0.1) is 10.2 Å². The first-order valence-corrected chi connectivity index (χ1v) is 8.79. The minimum Gasteiger partial charge on any atom is -0.414 e. The fourth-order valence-corrected chi connectivity index (χ4v) is 1.71. The first-order chi connectivity index (χ1) is 7.38. The second-order valence-corrected chi connectivity index (χ2v) is 10.3. The third-order valence-electron chi connectivity index (χ3n) is 1.90. The lowest BCUT2D eigenvalue weighted by atomic mass is 10.6. The maximum Gasteiger partial charge on any atom is 0.306 e. The van der Waals surface area contributed by atoms with Gasteiger partial charge < -0.3 is 14.9 Å². The smallest absolute Gasteiger partial charge is 0.306 e. The van der Waals surface area contributed by atoms with Crippen molar-refractivity contribution in [2.24, 2.45) is 5.73 Å². The summed E-state index contributed by atoms with van der Waals surface area (Å²) in [5.41, 5.74) is 4.97. The topological polar surface area (TPSA) is 91.2 Å². The molecule has 0 saturated heterocycles. The third-order valence-corrected chi connectivity index (χ3v) is 3.60. The van der Waals surface area contributed by atoms with E-state index in [2.05, 4.69) is 29.8 Å². The van der Waals surface area contributed by atoms with Gasteiger partial charge in [-0.1, -0.05) is 19.6 Å². The van der Waals surface area contributed by atoms with Gasteiger partial charge in [0, 0.05) is 14.7 Å². The summed E-state index contributed by atoms with van der Waals surface area (Å²) in [7, 11) is -1.07. The SMILES string of the molecule is C[Si](C)(C)CCOCc1nnc(C(N)=O)o1. The Morgan fingerprint density at radius 2 is 2.12 bits per heavy atom. The van der Waals surface area contributed by atoms with Crippen LogP contribution >= 0.6 is 0 Å². The normalized spacial score (nSPS) is 11.7. The van der Waals surface area contributed by atoms with Crippen molar-refractivity contribution >= 4 is 14.0 Å². The van der Waals surface area contributed by atoms with Gasteiger partial charge in [0.15, 0.2) is 0 Å². The fourth-order valence-electron chi connectivity index (χ4n) is 0.949. The quantitative estimate of drug-likeness (QED) is 0.595. The van der Waals surface area contributed by atoms with Gasteiger partial charge in [-0.05, 0) is 6.04 Å². The lowest BCUT2D eigenvalue weighted by Crippen LogP contribution is -2.21. The Kier molecular flexibility index (Phi) is 4.19. The highest BCUT2D eigenvalue weighted by Gasteiger charge is 2.13. The molecule has 0 aliphatic heterocycles. The van der Waals surface area contributed by atoms with E-state index in [1.165, 1.54) is 0 Å². The molecule has 1 heterocycles. The second kappa shape index (κ2) is 5.22. The van der Waals surface area contributed by atoms with Crippen LogP contribution < -0.4 is 5.73 Å². The van der Waals surface area contributed by atoms with E-state index in [-0.39, 0.29) is 18.4 Å². The van der Waals surface area contributed by atoms with Crippen molar-refractivity contribution in [2.45, 2.75) is 32.3 Å². The van der Waals surface area contributed by atoms with Crippen molar-refractivity contribution in [3.63, 3.8) is 0 Å². The summed E-state index contributed by atoms with van der Waals surface area (Å²) in [6.45, 7) is 7.71. The van der Waals surface area contributed by atoms with Crippen molar-refractivity contribution < 1.29 is 13.9 Å². The van der Waals surface area contributed by atoms with Crippen LogP contribution in [-0.4, -0.2) is 30.8 Å². The van der Waals surface area contributed by atoms with Gasteiger partial charge in [0.25, 0.3) is 0 Å². The van der Waals surface area contributed by atoms with Crippen LogP contribution in [0.3, 0.4) is 0 Å². The first kappa shape index (κ1) is 12.9. The van der Waals surface area contributed by atoms with Crippen LogP contribution in [0, 0.1) is 0 Å². The molecule has 1 aromatic rings. The molecule has 0 aliphatic rings. The summed E-state index contributed by atoms with van der Waals surface area (Å²) in [4.78, 5) is 10.7. The van der Waals surface area contributed by atoms with E-state index in [9.17, 15) is 4.79 Å². The molecule has 0 unspecified atom stereocenters. The predicted molar refractivity (Wildman–Crippen MR) is 60.6 cm³/mol. The molecular weight excluding hydrogens is 226 g/mol. The summed E-state index contributed by atoms with van der Waals surface area (Å²) in [6.07, 6.45) is 0. The molecule has 1 aromatic heterocycles. The number of ether oxygens (including phenoxy) is 1. The zero-order chi connectivity index (χ0) is 12.2. The highest BCUT2D eigenvalue weighted by Crippen LogP contribution is 2.08. The molecule has 1 amide bonds. The molecule has 0 radical (unpaired) electrons. The average Bonchev–Trinajstić information content (AvgIpc) is 2.59. The van der Waals surface area contributed by atoms with Crippen LogP contribution in [0.1, 0.15) is 16.6 Å². The molecule has 2 N–H and O–H groups in total. The zero-order valence-corrected chi connectivity index (χ0v) is 10.8. The lowest BCUT2D eigenvalue weighted by molar-refractivity contribution is 0.0942. The number of hydrogen-bond donors (Lipinski definition) is 1. The Morgan fingerprint density at radius 1 is 1.44 bits per heavy atom. The van der Waals surface area contributed by atoms with Crippen molar-refractivity contribution in [1.29, 1.82) is 0 Å². The maximum atomic E-state index is 10.7. The number of carbonyl (C=O) groups excluding carboxylic acids is 1. The van der Waals surface area contributed by atoms with Crippen molar-refractivity contribution in [3.8, 4) is 0 Å². The maximum absolute atomic E-state index is 10.7. The third kappa shape index (κ3) is 4.54. The Morgan fingerprint density at radius 3 is 2.62 bits per heavy atom. The Hall–Kier alpha value is -1.21. The Labute approximate surface area is 95.2 Å². The van der Waals surface area contributed by atoms with E-state index in [1.54, 1.807) is 0 Å². The highest BCUT2D eigenvalue weighted by atomic mass is 28.3. The molecule has 0 aliphatic carbocycles. The van der Waals surface area contributed by atoms with E-state index in [0.717, 1.165) is 6.04 Å². The summed E-state index contributed by atoms with van der Waals surface area (Å²) in [5, 5.41) is 7.12. The molecule has 0 atom stereocenters. The number of primary amides is 1. The average molecular weight is 243 g/mol. The molecule has 1 rings (SSSR count). The molecule has 0 fully saturated rings. The summed E-state index contributed by atoms with van der Waals surface area (Å²) < 4.78 is 10.3. The van der Waals surface area contributed by atoms with Gasteiger partial charge in [-0.25, -0.2) is 0 Å². The monoisotopic (exact) mass is 243 g/mol. The van der Waals surface area contributed by atoms with Gasteiger partial charge in [0.2, 0.25) is 5.89 Å². The molecular formula is C9H17N3O3Si. The summed E-state index contributed by atoms with van der Waals surface area (Å²) >= 11 is 0. The minimum atomic E-state index is -1.07. The summed E-state index contributed by atoms with van der Waals surface area (Å²) in [6, 6.07) is 1.07. The standard InChI is InChI=1S/C9H17N3O3Si/c1-16(2,3)5-4-14-6-7-11-12-9(15-7)8(10)13/h4-6H2,1-3H3,(H2,10,13). The van der Waals surface area contributed by atoms with Crippen LogP contribution in [-0.2, 0) is 11.3 Å². The molecule has 0 aromatic carbocycles. The largest absolute Gasteiger partial charge is 0.414 e. The van der Waals surface area contributed by atoms with E-state index < -0.39 is 14.0 Å². The van der Waals surface area contributed by atoms with E-state index in [1.807, 2.05) is 0 Å². The highest BCUT2D eigenvalue weighted by molar-refractivity contribution is 6.76. The van der Waals surface area contributed by atoms with E-state index in [4.69, 9.17) is 14.9 Å². The second-order valence-electron chi connectivity index (χ2n) is 4.73. The number of nitrogens with zero attached hydrogens (tertiary/aromatic N) is 2. The number of amides is 1. The van der Waals surface area contributed by atoms with Crippen molar-refractivity contribution in [3.05, 3.63) is 11.8 Å². The van der Waals surface area contributed by atoms with Crippen molar-refractivity contribution in [2.75, 3.05) is 6.61 Å². The van der Waals surface area contributed by atoms with Crippen LogP contribution in [0.5, 0.6) is 0 Å². The van der Waals surface area contributed by atoms with Gasteiger partial charge >= 0.3 is 11.8 Å². The van der Waals surface area contributed by atoms with Crippen LogP contribution in [0.25, 0.3) is 0 Å². The summed E-state index contributed by atoms with van der Waals surface area (Å²) in [5.74, 6) is -0.617. The molecule has 0 spiro atoms. The van der Waals surface area contributed by atoms with Gasteiger partial charge in [0.1, 0.15) is 6.61 Å². The molecule has 7 heteroatoms. The van der Waals surface area contributed by atoms with Crippen LogP contribution in [0.4, 0.5) is 0 Å². The van der Waals surface area contributed by atoms with Gasteiger partial charge in [-0.3, -0.25) is 4.79 Å². The molecule has 0 bridgehead atoms. The van der Waals surface area contributed by atoms with E-state index in [0.29, 0.717) is 6.61 Å². The molecule has 0 saturated carbocycles. The Balaban J connectivity index is 2.30.